The van der Waals surface area contributed by atoms with Crippen LogP contribution in [0.5, 0.6) is 0 Å². The first-order valence-electron chi connectivity index (χ1n) is 9.54. The molecule has 1 heterocycles. The van der Waals surface area contributed by atoms with Crippen molar-refractivity contribution in [3.63, 3.8) is 0 Å². The van der Waals surface area contributed by atoms with E-state index in [1.54, 1.807) is 0 Å². The minimum absolute atomic E-state index is 0.657. The Bertz CT molecular complexity index is 772. The van der Waals surface area contributed by atoms with Crippen LogP contribution in [0.25, 0.3) is 0 Å². The SMILES string of the molecule is Cc1ccc(NC(=S)N(CCCn2ccnc2)CC2CC=CCC2)cc1Cl. The van der Waals surface area contributed by atoms with Crippen molar-refractivity contribution in [2.45, 2.75) is 39.2 Å². The van der Waals surface area contributed by atoms with E-state index in [0.717, 1.165) is 53.9 Å². The van der Waals surface area contributed by atoms with E-state index in [0.29, 0.717) is 5.92 Å². The second-order valence-corrected chi connectivity index (χ2v) is 7.94. The Labute approximate surface area is 172 Å². The maximum Gasteiger partial charge on any atom is 0.173 e. The molecule has 144 valence electrons. The number of nitrogens with one attached hydrogen (secondary N) is 1. The van der Waals surface area contributed by atoms with Crippen molar-refractivity contribution in [1.29, 1.82) is 0 Å². The average molecular weight is 403 g/mol. The maximum atomic E-state index is 6.26. The predicted octanol–water partition coefficient (Wildman–Crippen LogP) is 5.29. The number of anilines is 1. The number of aromatic nitrogens is 2. The third-order valence-corrected chi connectivity index (χ3v) is 5.74. The lowest BCUT2D eigenvalue weighted by Gasteiger charge is -2.31. The first-order valence-corrected chi connectivity index (χ1v) is 10.3. The number of imidazole rings is 1. The molecule has 1 atom stereocenters. The van der Waals surface area contributed by atoms with E-state index in [-0.39, 0.29) is 0 Å². The molecule has 6 heteroatoms. The van der Waals surface area contributed by atoms with Gasteiger partial charge in [-0.05, 0) is 68.4 Å². The number of halogens is 1. The minimum Gasteiger partial charge on any atom is -0.349 e. The Morgan fingerprint density at radius 2 is 2.30 bits per heavy atom. The summed E-state index contributed by atoms with van der Waals surface area (Å²) in [5.74, 6) is 0.657. The summed E-state index contributed by atoms with van der Waals surface area (Å²) in [4.78, 5) is 6.42. The molecule has 0 spiro atoms. The highest BCUT2D eigenvalue weighted by molar-refractivity contribution is 7.80. The number of allylic oxidation sites excluding steroid dienone is 2. The fourth-order valence-electron chi connectivity index (χ4n) is 3.35. The third-order valence-electron chi connectivity index (χ3n) is 4.97. The van der Waals surface area contributed by atoms with E-state index < -0.39 is 0 Å². The second-order valence-electron chi connectivity index (χ2n) is 7.14. The molecule has 1 aliphatic rings. The molecule has 1 aromatic heterocycles. The van der Waals surface area contributed by atoms with E-state index in [1.165, 1.54) is 12.8 Å². The van der Waals surface area contributed by atoms with Crippen LogP contribution in [0.1, 0.15) is 31.2 Å². The number of hydrogen-bond donors (Lipinski definition) is 1. The molecular formula is C21H27ClN4S. The Kier molecular flexibility index (Phi) is 7.30. The number of aryl methyl sites for hydroxylation is 2. The van der Waals surface area contributed by atoms with Gasteiger partial charge in [-0.2, -0.15) is 0 Å². The van der Waals surface area contributed by atoms with Gasteiger partial charge in [0.05, 0.1) is 6.33 Å². The van der Waals surface area contributed by atoms with Crippen molar-refractivity contribution in [3.05, 3.63) is 59.7 Å². The zero-order chi connectivity index (χ0) is 19.1. The molecule has 0 radical (unpaired) electrons. The van der Waals surface area contributed by atoms with E-state index in [4.69, 9.17) is 23.8 Å². The van der Waals surface area contributed by atoms with Crippen LogP contribution in [0.2, 0.25) is 5.02 Å². The molecule has 0 bridgehead atoms. The molecule has 4 nitrogen and oxygen atoms in total. The van der Waals surface area contributed by atoms with Crippen LogP contribution in [-0.2, 0) is 6.54 Å². The summed E-state index contributed by atoms with van der Waals surface area (Å²) in [5, 5.41) is 4.91. The van der Waals surface area contributed by atoms with Gasteiger partial charge in [-0.15, -0.1) is 0 Å². The van der Waals surface area contributed by atoms with Gasteiger partial charge in [-0.25, -0.2) is 4.98 Å². The smallest absolute Gasteiger partial charge is 0.173 e. The van der Waals surface area contributed by atoms with Gasteiger partial charge in [0.1, 0.15) is 0 Å². The van der Waals surface area contributed by atoms with Crippen molar-refractivity contribution in [3.8, 4) is 0 Å². The van der Waals surface area contributed by atoms with Crippen molar-refractivity contribution >= 4 is 34.6 Å². The normalized spacial score (nSPS) is 16.3. The van der Waals surface area contributed by atoms with Crippen LogP contribution in [0.15, 0.2) is 49.1 Å². The second kappa shape index (κ2) is 9.90. The number of hydrogen-bond acceptors (Lipinski definition) is 2. The van der Waals surface area contributed by atoms with Crippen molar-refractivity contribution < 1.29 is 0 Å². The molecular weight excluding hydrogens is 376 g/mol. The third kappa shape index (κ3) is 6.08. The topological polar surface area (TPSA) is 33.1 Å². The number of benzene rings is 1. The highest BCUT2D eigenvalue weighted by Crippen LogP contribution is 2.22. The van der Waals surface area contributed by atoms with E-state index >= 15 is 0 Å². The average Bonchev–Trinajstić information content (AvgIpc) is 3.18. The number of nitrogens with zero attached hydrogens (tertiary/aromatic N) is 3. The fourth-order valence-corrected chi connectivity index (χ4v) is 3.81. The predicted molar refractivity (Wildman–Crippen MR) is 117 cm³/mol. The zero-order valence-corrected chi connectivity index (χ0v) is 17.3. The summed E-state index contributed by atoms with van der Waals surface area (Å²) < 4.78 is 2.11. The van der Waals surface area contributed by atoms with Crippen molar-refractivity contribution in [2.24, 2.45) is 5.92 Å². The summed E-state index contributed by atoms with van der Waals surface area (Å²) in [6, 6.07) is 5.99. The molecule has 0 saturated carbocycles. The van der Waals surface area contributed by atoms with Gasteiger partial charge in [0.2, 0.25) is 0 Å². The lowest BCUT2D eigenvalue weighted by atomic mass is 9.94. The van der Waals surface area contributed by atoms with Gasteiger partial charge in [-0.3, -0.25) is 0 Å². The molecule has 0 fully saturated rings. The van der Waals surface area contributed by atoms with E-state index in [1.807, 2.05) is 43.8 Å². The lowest BCUT2D eigenvalue weighted by Crippen LogP contribution is -2.39. The zero-order valence-electron chi connectivity index (χ0n) is 15.8. The quantitative estimate of drug-likeness (QED) is 0.503. The van der Waals surface area contributed by atoms with Crippen molar-refractivity contribution in [2.75, 3.05) is 18.4 Å². The van der Waals surface area contributed by atoms with Crippen LogP contribution in [0.4, 0.5) is 5.69 Å². The molecule has 3 rings (SSSR count). The summed E-state index contributed by atoms with van der Waals surface area (Å²) in [7, 11) is 0. The summed E-state index contributed by atoms with van der Waals surface area (Å²) in [6.45, 7) is 4.85. The van der Waals surface area contributed by atoms with E-state index in [2.05, 4.69) is 31.9 Å². The monoisotopic (exact) mass is 402 g/mol. The molecule has 1 unspecified atom stereocenters. The van der Waals surface area contributed by atoms with Gasteiger partial charge in [0, 0.05) is 42.7 Å². The molecule has 1 aliphatic carbocycles. The maximum absolute atomic E-state index is 6.26. The standard InChI is InChI=1S/C21H27ClN4S/c1-17-8-9-19(14-20(17)22)24-21(27)26(15-18-6-3-2-4-7-18)12-5-11-25-13-10-23-16-25/h2-3,8-10,13-14,16,18H,4-7,11-12,15H2,1H3,(H,24,27). The van der Waals surface area contributed by atoms with Gasteiger partial charge >= 0.3 is 0 Å². The van der Waals surface area contributed by atoms with Crippen LogP contribution in [-0.4, -0.2) is 32.7 Å². The molecule has 0 saturated heterocycles. The van der Waals surface area contributed by atoms with Crippen LogP contribution in [0, 0.1) is 12.8 Å². The Morgan fingerprint density at radius 1 is 1.41 bits per heavy atom. The minimum atomic E-state index is 0.657. The molecule has 0 aliphatic heterocycles. The lowest BCUT2D eigenvalue weighted by molar-refractivity contribution is 0.316. The summed E-state index contributed by atoms with van der Waals surface area (Å²) in [6.07, 6.45) is 14.8. The molecule has 0 amide bonds. The van der Waals surface area contributed by atoms with E-state index in [9.17, 15) is 0 Å². The Balaban J connectivity index is 1.61. The van der Waals surface area contributed by atoms with Gasteiger partial charge in [-0.1, -0.05) is 29.8 Å². The first-order chi connectivity index (χ1) is 13.1. The van der Waals surface area contributed by atoms with Crippen molar-refractivity contribution in [1.82, 2.24) is 14.5 Å². The van der Waals surface area contributed by atoms with Crippen LogP contribution >= 0.6 is 23.8 Å². The largest absolute Gasteiger partial charge is 0.349 e. The summed E-state index contributed by atoms with van der Waals surface area (Å²) in [5.41, 5.74) is 2.01. The Hall–Kier alpha value is -1.85. The Morgan fingerprint density at radius 3 is 3.00 bits per heavy atom. The van der Waals surface area contributed by atoms with Gasteiger partial charge in [0.25, 0.3) is 0 Å². The highest BCUT2D eigenvalue weighted by Gasteiger charge is 2.17. The first kappa shape index (κ1) is 19.9. The molecule has 1 N–H and O–H groups in total. The highest BCUT2D eigenvalue weighted by atomic mass is 35.5. The number of thiocarbonyl (C=S) groups is 1. The molecule has 27 heavy (non-hydrogen) atoms. The fraction of sp³-hybridized carbons (Fsp3) is 0.429. The summed E-state index contributed by atoms with van der Waals surface area (Å²) >= 11 is 12.0. The number of rotatable bonds is 7. The molecule has 1 aromatic carbocycles. The molecule has 2 aromatic rings. The van der Waals surface area contributed by atoms with Gasteiger partial charge < -0.3 is 14.8 Å². The van der Waals surface area contributed by atoms with Crippen LogP contribution < -0.4 is 5.32 Å². The van der Waals surface area contributed by atoms with Gasteiger partial charge in [0.15, 0.2) is 5.11 Å². The van der Waals surface area contributed by atoms with Crippen LogP contribution in [0.3, 0.4) is 0 Å².